The monoisotopic (exact) mass is 251 g/mol. The molecule has 3 N–H and O–H groups in total. The van der Waals surface area contributed by atoms with E-state index >= 15 is 0 Å². The van der Waals surface area contributed by atoms with Crippen molar-refractivity contribution in [2.24, 2.45) is 0 Å². The third kappa shape index (κ3) is 5.63. The van der Waals surface area contributed by atoms with Crippen molar-refractivity contribution in [3.05, 3.63) is 29.6 Å². The smallest absolute Gasteiger partial charge is 0.315 e. The number of aryl methyl sites for hydroxylation is 1. The molecular weight excluding hydrogens is 230 g/mol. The van der Waals surface area contributed by atoms with Gasteiger partial charge < -0.3 is 15.7 Å². The van der Waals surface area contributed by atoms with Crippen LogP contribution in [0.25, 0.3) is 0 Å². The lowest BCUT2D eigenvalue weighted by molar-refractivity contribution is 0.160. The maximum Gasteiger partial charge on any atom is 0.315 e. The van der Waals surface area contributed by atoms with Gasteiger partial charge in [0.25, 0.3) is 0 Å². The third-order valence-corrected chi connectivity index (χ3v) is 2.50. The van der Waals surface area contributed by atoms with E-state index in [1.165, 1.54) is 0 Å². The molecule has 0 aliphatic heterocycles. The minimum Gasteiger partial charge on any atom is -0.391 e. The van der Waals surface area contributed by atoms with Crippen molar-refractivity contribution in [3.8, 4) is 0 Å². The molecule has 0 aliphatic rings. The standard InChI is InChI=1S/C13H21N3O2/c1-3-5-12(17)9-15-13(18)14-8-11-7-4-6-10(2)16-11/h4,6-7,12,17H,3,5,8-9H2,1-2H3,(H2,14,15,18). The molecule has 0 aromatic carbocycles. The van der Waals surface area contributed by atoms with Gasteiger partial charge in [0, 0.05) is 12.2 Å². The topological polar surface area (TPSA) is 74.2 Å². The second-order valence-corrected chi connectivity index (χ2v) is 4.28. The Labute approximate surface area is 108 Å². The Morgan fingerprint density at radius 1 is 1.44 bits per heavy atom. The molecule has 1 aromatic rings. The van der Waals surface area contributed by atoms with E-state index in [9.17, 15) is 9.90 Å². The van der Waals surface area contributed by atoms with Gasteiger partial charge in [-0.1, -0.05) is 19.4 Å². The van der Waals surface area contributed by atoms with Crippen molar-refractivity contribution in [2.75, 3.05) is 6.54 Å². The first-order valence-electron chi connectivity index (χ1n) is 6.24. The zero-order valence-corrected chi connectivity index (χ0v) is 10.9. The van der Waals surface area contributed by atoms with Crippen molar-refractivity contribution in [1.82, 2.24) is 15.6 Å². The fraction of sp³-hybridized carbons (Fsp3) is 0.538. The van der Waals surface area contributed by atoms with Gasteiger partial charge in [0.2, 0.25) is 0 Å². The van der Waals surface area contributed by atoms with Crippen molar-refractivity contribution in [3.63, 3.8) is 0 Å². The number of urea groups is 1. The number of nitrogens with zero attached hydrogens (tertiary/aromatic N) is 1. The zero-order chi connectivity index (χ0) is 13.4. The number of hydrogen-bond donors (Lipinski definition) is 3. The van der Waals surface area contributed by atoms with E-state index in [4.69, 9.17) is 0 Å². The summed E-state index contributed by atoms with van der Waals surface area (Å²) in [6, 6.07) is 5.39. The summed E-state index contributed by atoms with van der Waals surface area (Å²) in [5.41, 5.74) is 1.74. The van der Waals surface area contributed by atoms with Gasteiger partial charge in [-0.15, -0.1) is 0 Å². The highest BCUT2D eigenvalue weighted by Gasteiger charge is 2.05. The predicted molar refractivity (Wildman–Crippen MR) is 70.1 cm³/mol. The number of pyridine rings is 1. The van der Waals surface area contributed by atoms with Crippen molar-refractivity contribution in [2.45, 2.75) is 39.3 Å². The second kappa shape index (κ2) is 7.66. The van der Waals surface area contributed by atoms with Gasteiger partial charge in [-0.3, -0.25) is 4.98 Å². The Morgan fingerprint density at radius 3 is 2.89 bits per heavy atom. The summed E-state index contributed by atoms with van der Waals surface area (Å²) < 4.78 is 0. The highest BCUT2D eigenvalue weighted by atomic mass is 16.3. The molecule has 0 bridgehead atoms. The Hall–Kier alpha value is -1.62. The van der Waals surface area contributed by atoms with Gasteiger partial charge in [0.1, 0.15) is 0 Å². The second-order valence-electron chi connectivity index (χ2n) is 4.28. The number of rotatable bonds is 6. The van der Waals surface area contributed by atoms with E-state index in [2.05, 4.69) is 15.6 Å². The highest BCUT2D eigenvalue weighted by molar-refractivity contribution is 5.73. The fourth-order valence-corrected chi connectivity index (χ4v) is 1.58. The van der Waals surface area contributed by atoms with Crippen LogP contribution >= 0.6 is 0 Å². The SMILES string of the molecule is CCCC(O)CNC(=O)NCc1cccc(C)n1. The highest BCUT2D eigenvalue weighted by Crippen LogP contribution is 1.97. The van der Waals surface area contributed by atoms with Crippen LogP contribution in [0.5, 0.6) is 0 Å². The Morgan fingerprint density at radius 2 is 2.22 bits per heavy atom. The van der Waals surface area contributed by atoms with Gasteiger partial charge in [0.15, 0.2) is 0 Å². The molecule has 0 saturated carbocycles. The van der Waals surface area contributed by atoms with Crippen LogP contribution in [-0.2, 0) is 6.54 Å². The lowest BCUT2D eigenvalue weighted by Gasteiger charge is -2.11. The molecule has 0 fully saturated rings. The molecule has 0 aliphatic carbocycles. The molecule has 0 radical (unpaired) electrons. The molecule has 0 saturated heterocycles. The van der Waals surface area contributed by atoms with Gasteiger partial charge in [0.05, 0.1) is 18.3 Å². The van der Waals surface area contributed by atoms with E-state index in [-0.39, 0.29) is 12.6 Å². The van der Waals surface area contributed by atoms with E-state index < -0.39 is 6.10 Å². The molecular formula is C13H21N3O2. The van der Waals surface area contributed by atoms with Crippen LogP contribution in [0, 0.1) is 6.92 Å². The van der Waals surface area contributed by atoms with Crippen LogP contribution in [0.15, 0.2) is 18.2 Å². The van der Waals surface area contributed by atoms with Crippen LogP contribution in [0.2, 0.25) is 0 Å². The molecule has 5 nitrogen and oxygen atoms in total. The molecule has 18 heavy (non-hydrogen) atoms. The fourth-order valence-electron chi connectivity index (χ4n) is 1.58. The third-order valence-electron chi connectivity index (χ3n) is 2.50. The van der Waals surface area contributed by atoms with E-state index in [0.717, 1.165) is 17.8 Å². The zero-order valence-electron chi connectivity index (χ0n) is 10.9. The molecule has 1 atom stereocenters. The van der Waals surface area contributed by atoms with Crippen LogP contribution in [0.4, 0.5) is 4.79 Å². The molecule has 1 unspecified atom stereocenters. The van der Waals surface area contributed by atoms with E-state index in [1.54, 1.807) is 0 Å². The largest absolute Gasteiger partial charge is 0.391 e. The van der Waals surface area contributed by atoms with Crippen LogP contribution in [-0.4, -0.2) is 28.8 Å². The molecule has 100 valence electrons. The molecule has 0 spiro atoms. The van der Waals surface area contributed by atoms with Crippen molar-refractivity contribution >= 4 is 6.03 Å². The number of nitrogens with one attached hydrogen (secondary N) is 2. The van der Waals surface area contributed by atoms with Crippen LogP contribution in [0.1, 0.15) is 31.2 Å². The van der Waals surface area contributed by atoms with Crippen LogP contribution in [0.3, 0.4) is 0 Å². The summed E-state index contributed by atoms with van der Waals surface area (Å²) in [7, 11) is 0. The average Bonchev–Trinajstić information content (AvgIpc) is 2.34. The lowest BCUT2D eigenvalue weighted by atomic mass is 10.2. The lowest BCUT2D eigenvalue weighted by Crippen LogP contribution is -2.39. The first-order chi connectivity index (χ1) is 8.61. The Kier molecular flexibility index (Phi) is 6.14. The van der Waals surface area contributed by atoms with Gasteiger partial charge in [-0.25, -0.2) is 4.79 Å². The maximum absolute atomic E-state index is 11.4. The number of carbonyl (C=O) groups excluding carboxylic acids is 1. The number of carbonyl (C=O) groups is 1. The quantitative estimate of drug-likeness (QED) is 0.714. The molecule has 1 heterocycles. The van der Waals surface area contributed by atoms with Gasteiger partial charge in [-0.2, -0.15) is 0 Å². The Bertz CT molecular complexity index is 382. The van der Waals surface area contributed by atoms with Crippen LogP contribution < -0.4 is 10.6 Å². The average molecular weight is 251 g/mol. The van der Waals surface area contributed by atoms with Crippen molar-refractivity contribution in [1.29, 1.82) is 0 Å². The summed E-state index contributed by atoms with van der Waals surface area (Å²) in [6.45, 7) is 4.57. The normalized spacial score (nSPS) is 11.9. The number of hydrogen-bond acceptors (Lipinski definition) is 3. The maximum atomic E-state index is 11.4. The van der Waals surface area contributed by atoms with Gasteiger partial charge >= 0.3 is 6.03 Å². The summed E-state index contributed by atoms with van der Waals surface area (Å²) >= 11 is 0. The predicted octanol–water partition coefficient (Wildman–Crippen LogP) is 1.35. The molecule has 1 aromatic heterocycles. The number of aromatic nitrogens is 1. The van der Waals surface area contributed by atoms with Gasteiger partial charge in [-0.05, 0) is 25.5 Å². The minimum absolute atomic E-state index is 0.279. The molecule has 5 heteroatoms. The number of aliphatic hydroxyl groups is 1. The number of aliphatic hydroxyl groups excluding tert-OH is 1. The molecule has 1 rings (SSSR count). The molecule has 2 amide bonds. The summed E-state index contributed by atoms with van der Waals surface area (Å²) in [5, 5.41) is 14.8. The first-order valence-corrected chi connectivity index (χ1v) is 6.24. The Balaban J connectivity index is 2.25. The summed E-state index contributed by atoms with van der Waals surface area (Å²) in [6.07, 6.45) is 1.12. The summed E-state index contributed by atoms with van der Waals surface area (Å²) in [5.74, 6) is 0. The van der Waals surface area contributed by atoms with Crippen molar-refractivity contribution < 1.29 is 9.90 Å². The van der Waals surface area contributed by atoms with E-state index in [0.29, 0.717) is 13.0 Å². The summed E-state index contributed by atoms with van der Waals surface area (Å²) in [4.78, 5) is 15.7. The first kappa shape index (κ1) is 14.4. The number of amides is 2. The van der Waals surface area contributed by atoms with E-state index in [1.807, 2.05) is 32.0 Å². The minimum atomic E-state index is -0.474.